The number of fused-ring (bicyclic) bond motifs is 2. The molecule has 2 saturated heterocycles. The number of ketones is 1. The van der Waals surface area contributed by atoms with E-state index in [0.29, 0.717) is 41.0 Å². The Morgan fingerprint density at radius 1 is 0.652 bits per heavy atom. The topological polar surface area (TPSA) is 60.9 Å². The molecular weight excluding hydrogens is 615 g/mol. The molecule has 1 N–H and O–H groups in total. The van der Waals surface area contributed by atoms with Crippen LogP contribution in [0.15, 0.2) is 72.8 Å². The number of carboxylic acids is 1. The number of aliphatic carboxylic acids is 1. The van der Waals surface area contributed by atoms with Crippen molar-refractivity contribution in [2.75, 3.05) is 26.2 Å². The summed E-state index contributed by atoms with van der Waals surface area (Å²) in [5, 5.41) is 10.7. The summed E-state index contributed by atoms with van der Waals surface area (Å²) in [5.41, 5.74) is 11.3. The van der Waals surface area contributed by atoms with Crippen molar-refractivity contribution in [3.63, 3.8) is 0 Å². The van der Waals surface area contributed by atoms with Crippen LogP contribution >= 0.6 is 23.2 Å². The van der Waals surface area contributed by atoms with Gasteiger partial charge < -0.3 is 5.11 Å². The van der Waals surface area contributed by atoms with Crippen LogP contribution in [0.2, 0.25) is 10.0 Å². The molecular formula is C39H36Cl2N2O3. The molecule has 4 aromatic rings. The lowest BCUT2D eigenvalue weighted by Gasteiger charge is -2.42. The molecule has 0 saturated carbocycles. The van der Waals surface area contributed by atoms with E-state index in [9.17, 15) is 14.7 Å². The number of aryl methyl sites for hydroxylation is 2. The lowest BCUT2D eigenvalue weighted by Crippen LogP contribution is -2.51. The molecule has 0 bridgehead atoms. The number of hydrogen-bond acceptors (Lipinski definition) is 4. The number of nitrogens with zero attached hydrogens (tertiary/aromatic N) is 2. The number of Topliss-reactive ketones (excluding diaryl/α,β-unsaturated/α-hetero) is 1. The molecule has 2 aliphatic carbocycles. The van der Waals surface area contributed by atoms with Crippen molar-refractivity contribution in [1.82, 2.24) is 9.80 Å². The highest BCUT2D eigenvalue weighted by molar-refractivity contribution is 6.39. The van der Waals surface area contributed by atoms with E-state index in [-0.39, 0.29) is 11.8 Å². The summed E-state index contributed by atoms with van der Waals surface area (Å²) in [5.74, 6) is -0.455. The predicted octanol–water partition coefficient (Wildman–Crippen LogP) is 8.51. The standard InChI is InChI=1S/C39H36Cl2N2O3/c1-22(44)27-18-42(19-27)35-14-10-23-16-25(8-12-29(23)35)31-4-2-6-33(37(31)40)34-7-3-5-32(38(34)41)26-9-13-30-24(17-26)11-15-36(30)43-20-28(21-43)39(45)46/h2-9,12-13,16-17,27-28,35-36H,10-11,14-15,18-21H2,1H3,(H,45,46). The van der Waals surface area contributed by atoms with E-state index < -0.39 is 5.97 Å². The molecule has 4 aromatic carbocycles. The minimum atomic E-state index is -0.696. The predicted molar refractivity (Wildman–Crippen MR) is 183 cm³/mol. The van der Waals surface area contributed by atoms with Gasteiger partial charge in [-0.1, -0.05) is 96.0 Å². The first-order valence-electron chi connectivity index (χ1n) is 16.3. The van der Waals surface area contributed by atoms with Crippen LogP contribution in [0.25, 0.3) is 33.4 Å². The van der Waals surface area contributed by atoms with Crippen molar-refractivity contribution < 1.29 is 14.7 Å². The second-order valence-corrected chi connectivity index (χ2v) is 14.3. The van der Waals surface area contributed by atoms with Gasteiger partial charge in [-0.25, -0.2) is 0 Å². The highest BCUT2D eigenvalue weighted by Gasteiger charge is 2.40. The van der Waals surface area contributed by atoms with Gasteiger partial charge in [0.1, 0.15) is 5.78 Å². The smallest absolute Gasteiger partial charge is 0.309 e. The number of benzene rings is 4. The molecule has 4 aliphatic rings. The summed E-state index contributed by atoms with van der Waals surface area (Å²) >= 11 is 14.4. The monoisotopic (exact) mass is 650 g/mol. The van der Waals surface area contributed by atoms with Gasteiger partial charge in [0.2, 0.25) is 0 Å². The largest absolute Gasteiger partial charge is 0.481 e. The molecule has 2 aliphatic heterocycles. The molecule has 2 heterocycles. The molecule has 0 spiro atoms. The molecule has 7 heteroatoms. The number of carboxylic acid groups (broad SMARTS) is 1. The molecule has 8 rings (SSSR count). The second kappa shape index (κ2) is 11.6. The zero-order valence-electron chi connectivity index (χ0n) is 25.8. The Kier molecular flexibility index (Phi) is 7.57. The van der Waals surface area contributed by atoms with Gasteiger partial charge in [-0.2, -0.15) is 0 Å². The zero-order chi connectivity index (χ0) is 31.7. The number of carbonyl (C=O) groups is 2. The van der Waals surface area contributed by atoms with Gasteiger partial charge in [-0.3, -0.25) is 19.4 Å². The van der Waals surface area contributed by atoms with Crippen molar-refractivity contribution in [2.45, 2.75) is 44.7 Å². The van der Waals surface area contributed by atoms with Gasteiger partial charge >= 0.3 is 5.97 Å². The maximum atomic E-state index is 11.8. The Bertz CT molecular complexity index is 1760. The Hall–Kier alpha value is -3.48. The maximum Gasteiger partial charge on any atom is 0.309 e. The second-order valence-electron chi connectivity index (χ2n) is 13.5. The first kappa shape index (κ1) is 29.9. The van der Waals surface area contributed by atoms with E-state index in [0.717, 1.165) is 72.2 Å². The van der Waals surface area contributed by atoms with Gasteiger partial charge in [0, 0.05) is 66.4 Å². The molecule has 46 heavy (non-hydrogen) atoms. The third-order valence-corrected chi connectivity index (χ3v) is 11.7. The van der Waals surface area contributed by atoms with Crippen molar-refractivity contribution in [2.24, 2.45) is 11.8 Å². The molecule has 234 valence electrons. The average molecular weight is 652 g/mol. The van der Waals surface area contributed by atoms with Crippen LogP contribution in [0.1, 0.15) is 54.1 Å². The van der Waals surface area contributed by atoms with Gasteiger partial charge in [-0.15, -0.1) is 0 Å². The molecule has 2 unspecified atom stereocenters. The van der Waals surface area contributed by atoms with Gasteiger partial charge in [0.25, 0.3) is 0 Å². The van der Waals surface area contributed by atoms with Gasteiger partial charge in [0.15, 0.2) is 0 Å². The highest BCUT2D eigenvalue weighted by Crippen LogP contribution is 2.46. The fourth-order valence-electron chi connectivity index (χ4n) is 8.16. The van der Waals surface area contributed by atoms with E-state index in [1.54, 1.807) is 6.92 Å². The van der Waals surface area contributed by atoms with Crippen LogP contribution in [-0.4, -0.2) is 52.8 Å². The molecule has 5 nitrogen and oxygen atoms in total. The first-order chi connectivity index (χ1) is 22.3. The van der Waals surface area contributed by atoms with Crippen LogP contribution in [0, 0.1) is 11.8 Å². The summed E-state index contributed by atoms with van der Waals surface area (Å²) in [7, 11) is 0. The summed E-state index contributed by atoms with van der Waals surface area (Å²) in [6, 6.07) is 26.4. The van der Waals surface area contributed by atoms with E-state index in [1.165, 1.54) is 22.3 Å². The Morgan fingerprint density at radius 2 is 1.09 bits per heavy atom. The lowest BCUT2D eigenvalue weighted by atomic mass is 9.91. The summed E-state index contributed by atoms with van der Waals surface area (Å²) < 4.78 is 0. The minimum Gasteiger partial charge on any atom is -0.481 e. The molecule has 0 radical (unpaired) electrons. The normalized spacial score (nSPS) is 21.5. The third-order valence-electron chi connectivity index (χ3n) is 10.9. The summed E-state index contributed by atoms with van der Waals surface area (Å²) in [6.45, 7) is 4.70. The fourth-order valence-corrected chi connectivity index (χ4v) is 8.83. The number of hydrogen-bond donors (Lipinski definition) is 1. The van der Waals surface area contributed by atoms with Gasteiger partial charge in [-0.05, 0) is 66.0 Å². The van der Waals surface area contributed by atoms with E-state index in [1.807, 2.05) is 18.2 Å². The van der Waals surface area contributed by atoms with Crippen molar-refractivity contribution in [3.8, 4) is 33.4 Å². The molecule has 2 fully saturated rings. The van der Waals surface area contributed by atoms with Gasteiger partial charge in [0.05, 0.1) is 16.0 Å². The van der Waals surface area contributed by atoms with E-state index >= 15 is 0 Å². The lowest BCUT2D eigenvalue weighted by molar-refractivity contribution is -0.148. The summed E-state index contributed by atoms with van der Waals surface area (Å²) in [4.78, 5) is 27.8. The zero-order valence-corrected chi connectivity index (χ0v) is 27.3. The highest BCUT2D eigenvalue weighted by atomic mass is 35.5. The number of carbonyl (C=O) groups excluding carboxylic acids is 1. The molecule has 0 amide bonds. The van der Waals surface area contributed by atoms with Crippen LogP contribution in [-0.2, 0) is 22.4 Å². The third kappa shape index (κ3) is 5.00. The molecule has 2 atom stereocenters. The van der Waals surface area contributed by atoms with Crippen LogP contribution in [0.4, 0.5) is 0 Å². The molecule has 0 aromatic heterocycles. The number of likely N-dealkylation sites (tertiary alicyclic amines) is 2. The van der Waals surface area contributed by atoms with E-state index in [2.05, 4.69) is 64.4 Å². The van der Waals surface area contributed by atoms with Crippen LogP contribution < -0.4 is 0 Å². The average Bonchev–Trinajstić information content (AvgIpc) is 3.60. The quantitative estimate of drug-likeness (QED) is 0.217. The first-order valence-corrected chi connectivity index (χ1v) is 17.1. The van der Waals surface area contributed by atoms with Crippen molar-refractivity contribution in [3.05, 3.63) is 105 Å². The number of rotatable bonds is 7. The Labute approximate surface area is 279 Å². The Morgan fingerprint density at radius 3 is 1.52 bits per heavy atom. The number of halogens is 2. The summed E-state index contributed by atoms with van der Waals surface area (Å²) in [6.07, 6.45) is 4.12. The van der Waals surface area contributed by atoms with Crippen molar-refractivity contribution >= 4 is 35.0 Å². The van der Waals surface area contributed by atoms with Crippen LogP contribution in [0.3, 0.4) is 0 Å². The van der Waals surface area contributed by atoms with E-state index in [4.69, 9.17) is 23.2 Å². The Balaban J connectivity index is 1.05. The maximum absolute atomic E-state index is 11.8. The van der Waals surface area contributed by atoms with Crippen molar-refractivity contribution in [1.29, 1.82) is 0 Å². The fraction of sp³-hybridized carbons (Fsp3) is 0.333. The minimum absolute atomic E-state index is 0.190. The van der Waals surface area contributed by atoms with Crippen LogP contribution in [0.5, 0.6) is 0 Å². The SMILES string of the molecule is CC(=O)C1CN(C2CCc3cc(-c4cccc(-c5cccc(-c6ccc7c(c6)CCC7N6CC(C(=O)O)C6)c5Cl)c4Cl)ccc32)C1.